The normalized spacial score (nSPS) is 10.3. The van der Waals surface area contributed by atoms with Gasteiger partial charge >= 0.3 is 5.97 Å². The predicted molar refractivity (Wildman–Crippen MR) is 60.1 cm³/mol. The van der Waals surface area contributed by atoms with E-state index < -0.39 is 0 Å². The molecule has 1 aromatic carbocycles. The van der Waals surface area contributed by atoms with Gasteiger partial charge in [0.15, 0.2) is 0 Å². The van der Waals surface area contributed by atoms with Crippen molar-refractivity contribution in [2.75, 3.05) is 0 Å². The lowest BCUT2D eigenvalue weighted by atomic mass is 10.3. The average Bonchev–Trinajstić information content (AvgIpc) is 2.29. The first kappa shape index (κ1) is 10.5. The predicted octanol–water partition coefficient (Wildman–Crippen LogP) is 2.34. The molecule has 0 fully saturated rings. The van der Waals surface area contributed by atoms with E-state index in [2.05, 4.69) is 9.97 Å². The molecule has 2 rings (SSSR count). The van der Waals surface area contributed by atoms with E-state index in [0.717, 1.165) is 17.5 Å². The highest BCUT2D eigenvalue weighted by Crippen LogP contribution is 2.13. The molecule has 0 aliphatic rings. The highest BCUT2D eigenvalue weighted by Gasteiger charge is 2.05. The van der Waals surface area contributed by atoms with Gasteiger partial charge in [-0.15, -0.1) is 0 Å². The minimum Gasteiger partial charge on any atom is -0.406 e. The molecule has 0 aliphatic heterocycles. The zero-order chi connectivity index (χ0) is 11.4. The van der Waals surface area contributed by atoms with Gasteiger partial charge in [0.2, 0.25) is 5.88 Å². The van der Waals surface area contributed by atoms with Crippen molar-refractivity contribution in [2.24, 2.45) is 0 Å². The van der Waals surface area contributed by atoms with E-state index in [-0.39, 0.29) is 11.8 Å². The van der Waals surface area contributed by atoms with E-state index in [1.807, 2.05) is 31.2 Å². The number of rotatable bonds is 3. The summed E-state index contributed by atoms with van der Waals surface area (Å²) in [5, 5.41) is 0. The monoisotopic (exact) mass is 216 g/mol. The maximum absolute atomic E-state index is 11.3. The lowest BCUT2D eigenvalue weighted by Gasteiger charge is -2.02. The molecule has 4 nitrogen and oxygen atoms in total. The first-order valence-corrected chi connectivity index (χ1v) is 5.22. The Labute approximate surface area is 93.3 Å². The molecule has 0 radical (unpaired) electrons. The Kier molecular flexibility index (Phi) is 3.10. The molecular formula is C12H12N2O2. The number of ether oxygens (including phenoxy) is 1. The highest BCUT2D eigenvalue weighted by molar-refractivity contribution is 5.75. The number of nitrogens with zero attached hydrogens (tertiary/aromatic N) is 2. The van der Waals surface area contributed by atoms with Gasteiger partial charge in [0.25, 0.3) is 0 Å². The van der Waals surface area contributed by atoms with E-state index in [9.17, 15) is 4.79 Å². The molecular weight excluding hydrogens is 204 g/mol. The zero-order valence-corrected chi connectivity index (χ0v) is 9.01. The van der Waals surface area contributed by atoms with Crippen molar-refractivity contribution >= 4 is 17.0 Å². The van der Waals surface area contributed by atoms with E-state index in [1.54, 1.807) is 0 Å². The summed E-state index contributed by atoms with van der Waals surface area (Å²) in [6.45, 7) is 1.92. The fourth-order valence-corrected chi connectivity index (χ4v) is 1.36. The molecule has 0 unspecified atom stereocenters. The minimum atomic E-state index is -0.271. The molecule has 16 heavy (non-hydrogen) atoms. The van der Waals surface area contributed by atoms with Crippen molar-refractivity contribution in [3.8, 4) is 5.88 Å². The second-order valence-corrected chi connectivity index (χ2v) is 3.42. The number of aromatic nitrogens is 2. The van der Waals surface area contributed by atoms with Gasteiger partial charge in [-0.25, -0.2) is 9.97 Å². The van der Waals surface area contributed by atoms with E-state index in [0.29, 0.717) is 6.42 Å². The SMILES string of the molecule is CCCC(=O)Oc1cnc2ccccc2n1. The van der Waals surface area contributed by atoms with Crippen molar-refractivity contribution in [3.05, 3.63) is 30.5 Å². The summed E-state index contributed by atoms with van der Waals surface area (Å²) in [6, 6.07) is 7.45. The zero-order valence-electron chi connectivity index (χ0n) is 9.01. The van der Waals surface area contributed by atoms with Crippen LogP contribution < -0.4 is 4.74 Å². The molecule has 82 valence electrons. The maximum atomic E-state index is 11.3. The van der Waals surface area contributed by atoms with Crippen LogP contribution in [-0.2, 0) is 4.79 Å². The molecule has 4 heteroatoms. The summed E-state index contributed by atoms with van der Waals surface area (Å²) >= 11 is 0. The first-order chi connectivity index (χ1) is 7.79. The Morgan fingerprint density at radius 2 is 2.06 bits per heavy atom. The molecule has 1 aromatic heterocycles. The van der Waals surface area contributed by atoms with Gasteiger partial charge in [-0.05, 0) is 18.6 Å². The fraction of sp³-hybridized carbons (Fsp3) is 0.250. The van der Waals surface area contributed by atoms with E-state index >= 15 is 0 Å². The van der Waals surface area contributed by atoms with Crippen molar-refractivity contribution in [2.45, 2.75) is 19.8 Å². The van der Waals surface area contributed by atoms with Gasteiger partial charge in [0, 0.05) is 6.42 Å². The summed E-state index contributed by atoms with van der Waals surface area (Å²) in [5.41, 5.74) is 1.52. The Morgan fingerprint density at radius 3 is 2.81 bits per heavy atom. The van der Waals surface area contributed by atoms with Gasteiger partial charge < -0.3 is 4.74 Å². The molecule has 0 saturated heterocycles. The number of esters is 1. The summed E-state index contributed by atoms with van der Waals surface area (Å²) in [7, 11) is 0. The van der Waals surface area contributed by atoms with Crippen LogP contribution in [0.25, 0.3) is 11.0 Å². The highest BCUT2D eigenvalue weighted by atomic mass is 16.5. The molecule has 0 bridgehead atoms. The van der Waals surface area contributed by atoms with Crippen molar-refractivity contribution < 1.29 is 9.53 Å². The topological polar surface area (TPSA) is 52.1 Å². The maximum Gasteiger partial charge on any atom is 0.312 e. The van der Waals surface area contributed by atoms with Crippen LogP contribution >= 0.6 is 0 Å². The number of carbonyl (C=O) groups is 1. The largest absolute Gasteiger partial charge is 0.406 e. The third kappa shape index (κ3) is 2.34. The lowest BCUT2D eigenvalue weighted by Crippen LogP contribution is -2.08. The number of fused-ring (bicyclic) bond motifs is 1. The van der Waals surface area contributed by atoms with Crippen LogP contribution in [0.15, 0.2) is 30.5 Å². The second kappa shape index (κ2) is 4.70. The molecule has 0 spiro atoms. The standard InChI is InChI=1S/C12H12N2O2/c1-2-5-12(15)16-11-8-13-9-6-3-4-7-10(9)14-11/h3-4,6-8H,2,5H2,1H3. The minimum absolute atomic E-state index is 0.261. The van der Waals surface area contributed by atoms with Gasteiger partial charge in [-0.1, -0.05) is 19.1 Å². The fourth-order valence-electron chi connectivity index (χ4n) is 1.36. The van der Waals surface area contributed by atoms with Gasteiger partial charge in [0.05, 0.1) is 17.2 Å². The number of benzene rings is 1. The third-order valence-electron chi connectivity index (χ3n) is 2.10. The number of para-hydroxylation sites is 2. The smallest absolute Gasteiger partial charge is 0.312 e. The summed E-state index contributed by atoms with van der Waals surface area (Å²) in [4.78, 5) is 19.6. The van der Waals surface area contributed by atoms with Crippen LogP contribution in [0.3, 0.4) is 0 Å². The second-order valence-electron chi connectivity index (χ2n) is 3.42. The van der Waals surface area contributed by atoms with Crippen molar-refractivity contribution in [1.82, 2.24) is 9.97 Å². The average molecular weight is 216 g/mol. The van der Waals surface area contributed by atoms with Crippen LogP contribution in [0.2, 0.25) is 0 Å². The van der Waals surface area contributed by atoms with Crippen LogP contribution in [0.4, 0.5) is 0 Å². The van der Waals surface area contributed by atoms with Crippen LogP contribution in [0.1, 0.15) is 19.8 Å². The molecule has 1 heterocycles. The number of hydrogen-bond donors (Lipinski definition) is 0. The van der Waals surface area contributed by atoms with E-state index in [4.69, 9.17) is 4.74 Å². The van der Waals surface area contributed by atoms with Crippen molar-refractivity contribution in [3.63, 3.8) is 0 Å². The van der Waals surface area contributed by atoms with E-state index in [1.165, 1.54) is 6.20 Å². The number of hydrogen-bond acceptors (Lipinski definition) is 4. The summed E-state index contributed by atoms with van der Waals surface area (Å²) < 4.78 is 5.05. The molecule has 0 aliphatic carbocycles. The summed E-state index contributed by atoms with van der Waals surface area (Å²) in [5.74, 6) is -0.00997. The molecule has 2 aromatic rings. The quantitative estimate of drug-likeness (QED) is 0.739. The summed E-state index contributed by atoms with van der Waals surface area (Å²) in [6.07, 6.45) is 2.63. The van der Waals surface area contributed by atoms with Gasteiger partial charge in [-0.3, -0.25) is 4.79 Å². The molecule has 0 N–H and O–H groups in total. The van der Waals surface area contributed by atoms with Crippen LogP contribution in [0, 0.1) is 0 Å². The van der Waals surface area contributed by atoms with Crippen molar-refractivity contribution in [1.29, 1.82) is 0 Å². The van der Waals surface area contributed by atoms with Crippen LogP contribution in [0.5, 0.6) is 5.88 Å². The third-order valence-corrected chi connectivity index (χ3v) is 2.10. The number of carbonyl (C=O) groups excluding carboxylic acids is 1. The first-order valence-electron chi connectivity index (χ1n) is 5.22. The lowest BCUT2D eigenvalue weighted by molar-refractivity contribution is -0.134. The molecule has 0 atom stereocenters. The van der Waals surface area contributed by atoms with Gasteiger partial charge in [-0.2, -0.15) is 0 Å². The van der Waals surface area contributed by atoms with Gasteiger partial charge in [0.1, 0.15) is 0 Å². The Balaban J connectivity index is 2.22. The molecule has 0 saturated carbocycles. The Bertz CT molecular complexity index is 511. The molecule has 0 amide bonds. The Morgan fingerprint density at radius 1 is 1.31 bits per heavy atom. The van der Waals surface area contributed by atoms with Crippen LogP contribution in [-0.4, -0.2) is 15.9 Å². The Hall–Kier alpha value is -1.97.